The second-order valence-corrected chi connectivity index (χ2v) is 4.59. The highest BCUT2D eigenvalue weighted by Crippen LogP contribution is 2.10. The van der Waals surface area contributed by atoms with Crippen LogP contribution in [0.3, 0.4) is 0 Å². The van der Waals surface area contributed by atoms with Gasteiger partial charge in [0.25, 0.3) is 0 Å². The number of hydrogen-bond donors (Lipinski definition) is 2. The summed E-state index contributed by atoms with van der Waals surface area (Å²) < 4.78 is 0. The molecule has 3 heteroatoms. The lowest BCUT2D eigenvalue weighted by Gasteiger charge is -2.14. The fourth-order valence-electron chi connectivity index (χ4n) is 1.49. The molecule has 0 aromatic heterocycles. The first kappa shape index (κ1) is 12.7. The fourth-order valence-corrected chi connectivity index (χ4v) is 1.49. The van der Waals surface area contributed by atoms with E-state index >= 15 is 0 Å². The summed E-state index contributed by atoms with van der Waals surface area (Å²) in [5, 5.41) is 2.81. The molecule has 1 aromatic rings. The molecule has 1 rings (SSSR count). The lowest BCUT2D eigenvalue weighted by Crippen LogP contribution is -2.36. The topological polar surface area (TPSA) is 55.1 Å². The van der Waals surface area contributed by atoms with Gasteiger partial charge in [0.2, 0.25) is 5.91 Å². The van der Waals surface area contributed by atoms with Gasteiger partial charge in [0.1, 0.15) is 0 Å². The van der Waals surface area contributed by atoms with Crippen molar-refractivity contribution in [2.75, 3.05) is 5.32 Å². The SMILES string of the molecule is Cc1ccc(NC(=O)C(N)CC(C)C)cc1. The van der Waals surface area contributed by atoms with Crippen LogP contribution >= 0.6 is 0 Å². The highest BCUT2D eigenvalue weighted by Gasteiger charge is 2.14. The van der Waals surface area contributed by atoms with E-state index < -0.39 is 6.04 Å². The monoisotopic (exact) mass is 220 g/mol. The molecule has 1 atom stereocenters. The fraction of sp³-hybridized carbons (Fsp3) is 0.462. The van der Waals surface area contributed by atoms with Crippen LogP contribution in [0.25, 0.3) is 0 Å². The molecule has 0 bridgehead atoms. The van der Waals surface area contributed by atoms with E-state index in [0.29, 0.717) is 12.3 Å². The molecule has 0 aliphatic heterocycles. The molecule has 0 saturated heterocycles. The van der Waals surface area contributed by atoms with Crippen LogP contribution in [-0.4, -0.2) is 11.9 Å². The van der Waals surface area contributed by atoms with Crippen molar-refractivity contribution in [2.24, 2.45) is 11.7 Å². The molecule has 0 aliphatic carbocycles. The third kappa shape index (κ3) is 4.03. The molecule has 16 heavy (non-hydrogen) atoms. The molecule has 3 nitrogen and oxygen atoms in total. The minimum Gasteiger partial charge on any atom is -0.325 e. The van der Waals surface area contributed by atoms with Gasteiger partial charge < -0.3 is 11.1 Å². The van der Waals surface area contributed by atoms with Crippen molar-refractivity contribution in [1.82, 2.24) is 0 Å². The largest absolute Gasteiger partial charge is 0.325 e. The van der Waals surface area contributed by atoms with E-state index in [4.69, 9.17) is 5.73 Å². The van der Waals surface area contributed by atoms with Gasteiger partial charge in [-0.05, 0) is 31.4 Å². The lowest BCUT2D eigenvalue weighted by atomic mass is 10.0. The molecule has 1 unspecified atom stereocenters. The normalized spacial score (nSPS) is 12.6. The number of aryl methyl sites for hydroxylation is 1. The minimum absolute atomic E-state index is 0.113. The molecule has 0 saturated carbocycles. The minimum atomic E-state index is -0.429. The molecule has 0 radical (unpaired) electrons. The van der Waals surface area contributed by atoms with Crippen molar-refractivity contribution in [3.63, 3.8) is 0 Å². The average molecular weight is 220 g/mol. The quantitative estimate of drug-likeness (QED) is 0.818. The zero-order chi connectivity index (χ0) is 12.1. The van der Waals surface area contributed by atoms with E-state index in [9.17, 15) is 4.79 Å². The van der Waals surface area contributed by atoms with Crippen LogP contribution in [0.4, 0.5) is 5.69 Å². The van der Waals surface area contributed by atoms with Crippen LogP contribution in [0.5, 0.6) is 0 Å². The lowest BCUT2D eigenvalue weighted by molar-refractivity contribution is -0.117. The number of benzene rings is 1. The molecule has 1 amide bonds. The third-order valence-electron chi connectivity index (χ3n) is 2.38. The van der Waals surface area contributed by atoms with E-state index in [1.165, 1.54) is 5.56 Å². The Kier molecular flexibility index (Phi) is 4.50. The van der Waals surface area contributed by atoms with Gasteiger partial charge in [-0.15, -0.1) is 0 Å². The van der Waals surface area contributed by atoms with Crippen molar-refractivity contribution >= 4 is 11.6 Å². The molecule has 1 aromatic carbocycles. The summed E-state index contributed by atoms with van der Waals surface area (Å²) in [5.74, 6) is 0.316. The van der Waals surface area contributed by atoms with Gasteiger partial charge in [-0.2, -0.15) is 0 Å². The summed E-state index contributed by atoms with van der Waals surface area (Å²) in [6, 6.07) is 7.26. The van der Waals surface area contributed by atoms with Crippen LogP contribution in [0.2, 0.25) is 0 Å². The molecular formula is C13H20N2O. The summed E-state index contributed by atoms with van der Waals surface area (Å²) in [4.78, 5) is 11.7. The van der Waals surface area contributed by atoms with Gasteiger partial charge in [0, 0.05) is 5.69 Å². The molecule has 88 valence electrons. The number of amides is 1. The van der Waals surface area contributed by atoms with Crippen LogP contribution in [0, 0.1) is 12.8 Å². The maximum Gasteiger partial charge on any atom is 0.241 e. The Morgan fingerprint density at radius 3 is 2.38 bits per heavy atom. The van der Waals surface area contributed by atoms with E-state index in [0.717, 1.165) is 5.69 Å². The highest BCUT2D eigenvalue weighted by atomic mass is 16.2. The number of rotatable bonds is 4. The van der Waals surface area contributed by atoms with E-state index in [1.807, 2.05) is 31.2 Å². The number of nitrogens with one attached hydrogen (secondary N) is 1. The smallest absolute Gasteiger partial charge is 0.241 e. The average Bonchev–Trinajstić information content (AvgIpc) is 2.20. The van der Waals surface area contributed by atoms with Gasteiger partial charge in [-0.25, -0.2) is 0 Å². The molecule has 0 spiro atoms. The summed E-state index contributed by atoms with van der Waals surface area (Å²) in [5.41, 5.74) is 7.76. The number of hydrogen-bond acceptors (Lipinski definition) is 2. The molecule has 0 fully saturated rings. The maximum absolute atomic E-state index is 11.7. The summed E-state index contributed by atoms with van der Waals surface area (Å²) >= 11 is 0. The Morgan fingerprint density at radius 1 is 1.31 bits per heavy atom. The van der Waals surface area contributed by atoms with E-state index in [1.54, 1.807) is 0 Å². The van der Waals surface area contributed by atoms with Crippen molar-refractivity contribution < 1.29 is 4.79 Å². The molecule has 3 N–H and O–H groups in total. The van der Waals surface area contributed by atoms with Crippen molar-refractivity contribution in [3.05, 3.63) is 29.8 Å². The van der Waals surface area contributed by atoms with Gasteiger partial charge >= 0.3 is 0 Å². The maximum atomic E-state index is 11.7. The Hall–Kier alpha value is -1.35. The zero-order valence-corrected chi connectivity index (χ0v) is 10.2. The second kappa shape index (κ2) is 5.66. The van der Waals surface area contributed by atoms with Crippen LogP contribution in [-0.2, 0) is 4.79 Å². The van der Waals surface area contributed by atoms with Crippen LogP contribution in [0.1, 0.15) is 25.8 Å². The Bertz CT molecular complexity index is 343. The zero-order valence-electron chi connectivity index (χ0n) is 10.2. The standard InChI is InChI=1S/C13H20N2O/c1-9(2)8-12(14)13(16)15-11-6-4-10(3)5-7-11/h4-7,9,12H,8,14H2,1-3H3,(H,15,16). The van der Waals surface area contributed by atoms with E-state index in [2.05, 4.69) is 19.2 Å². The Morgan fingerprint density at radius 2 is 1.88 bits per heavy atom. The van der Waals surface area contributed by atoms with Crippen LogP contribution < -0.4 is 11.1 Å². The van der Waals surface area contributed by atoms with Gasteiger partial charge in [0.15, 0.2) is 0 Å². The van der Waals surface area contributed by atoms with Gasteiger partial charge in [-0.1, -0.05) is 31.5 Å². The first-order valence-electron chi connectivity index (χ1n) is 5.62. The Balaban J connectivity index is 2.54. The van der Waals surface area contributed by atoms with Crippen molar-refractivity contribution in [3.8, 4) is 0 Å². The van der Waals surface area contributed by atoms with Crippen molar-refractivity contribution in [2.45, 2.75) is 33.2 Å². The number of anilines is 1. The highest BCUT2D eigenvalue weighted by molar-refractivity contribution is 5.94. The Labute approximate surface area is 97.0 Å². The van der Waals surface area contributed by atoms with Crippen LogP contribution in [0.15, 0.2) is 24.3 Å². The van der Waals surface area contributed by atoms with Gasteiger partial charge in [0.05, 0.1) is 6.04 Å². The third-order valence-corrected chi connectivity index (χ3v) is 2.38. The van der Waals surface area contributed by atoms with Gasteiger partial charge in [-0.3, -0.25) is 4.79 Å². The number of carbonyl (C=O) groups excluding carboxylic acids is 1. The second-order valence-electron chi connectivity index (χ2n) is 4.59. The predicted octanol–water partition coefficient (Wildman–Crippen LogP) is 2.31. The number of nitrogens with two attached hydrogens (primary N) is 1. The van der Waals surface area contributed by atoms with E-state index in [-0.39, 0.29) is 5.91 Å². The molecule has 0 heterocycles. The first-order valence-corrected chi connectivity index (χ1v) is 5.62. The summed E-state index contributed by atoms with van der Waals surface area (Å²) in [7, 11) is 0. The predicted molar refractivity (Wildman–Crippen MR) is 67.2 cm³/mol. The number of carbonyl (C=O) groups is 1. The summed E-state index contributed by atoms with van der Waals surface area (Å²) in [6.07, 6.45) is 0.706. The first-order chi connectivity index (χ1) is 7.49. The molecular weight excluding hydrogens is 200 g/mol. The summed E-state index contributed by atoms with van der Waals surface area (Å²) in [6.45, 7) is 6.12. The molecule has 0 aliphatic rings. The van der Waals surface area contributed by atoms with Crippen molar-refractivity contribution in [1.29, 1.82) is 0 Å².